The fraction of sp³-hybridized carbons (Fsp3) is 0.471. The molecule has 0 spiro atoms. The van der Waals surface area contributed by atoms with Crippen LogP contribution in [0.2, 0.25) is 0 Å². The van der Waals surface area contributed by atoms with Crippen LogP contribution in [0.15, 0.2) is 18.2 Å². The van der Waals surface area contributed by atoms with E-state index in [1.165, 1.54) is 11.1 Å². The van der Waals surface area contributed by atoms with Crippen molar-refractivity contribution in [3.8, 4) is 11.8 Å². The molecule has 1 saturated heterocycles. The Bertz CT molecular complexity index is 697. The van der Waals surface area contributed by atoms with Gasteiger partial charge in [0.25, 0.3) is 0 Å². The van der Waals surface area contributed by atoms with Crippen molar-refractivity contribution in [2.45, 2.75) is 33.6 Å². The number of rotatable bonds is 2. The standard InChI is InChI=1S/C17H21N5/c1-12-4-6-21(7-5-12)17-16(11-18)19-22(20-17)15-9-13(2)8-14(3)10-15/h8-10,12H,4-7H2,1-3H3. The predicted octanol–water partition coefficient (Wildman–Crippen LogP) is 2.99. The second-order valence-electron chi connectivity index (χ2n) is 6.29. The van der Waals surface area contributed by atoms with Crippen LogP contribution in [0.1, 0.15) is 36.6 Å². The summed E-state index contributed by atoms with van der Waals surface area (Å²) >= 11 is 0. The Hall–Kier alpha value is -2.35. The van der Waals surface area contributed by atoms with Gasteiger partial charge >= 0.3 is 0 Å². The van der Waals surface area contributed by atoms with E-state index in [0.29, 0.717) is 11.5 Å². The fourth-order valence-corrected chi connectivity index (χ4v) is 2.99. The second kappa shape index (κ2) is 5.80. The number of aromatic nitrogens is 3. The smallest absolute Gasteiger partial charge is 0.207 e. The monoisotopic (exact) mass is 295 g/mol. The summed E-state index contributed by atoms with van der Waals surface area (Å²) in [5.74, 6) is 1.46. The molecule has 0 unspecified atom stereocenters. The third-order valence-corrected chi connectivity index (χ3v) is 4.22. The lowest BCUT2D eigenvalue weighted by Crippen LogP contribution is -2.33. The second-order valence-corrected chi connectivity index (χ2v) is 6.29. The van der Waals surface area contributed by atoms with E-state index in [4.69, 9.17) is 0 Å². The number of aryl methyl sites for hydroxylation is 2. The van der Waals surface area contributed by atoms with Gasteiger partial charge in [-0.2, -0.15) is 5.26 Å². The summed E-state index contributed by atoms with van der Waals surface area (Å²) in [5, 5.41) is 18.3. The van der Waals surface area contributed by atoms with Crippen molar-refractivity contribution in [1.29, 1.82) is 5.26 Å². The fourth-order valence-electron chi connectivity index (χ4n) is 2.99. The van der Waals surface area contributed by atoms with Crippen LogP contribution in [0, 0.1) is 31.1 Å². The molecule has 2 heterocycles. The normalized spacial score (nSPS) is 15.8. The Kier molecular flexibility index (Phi) is 3.84. The highest BCUT2D eigenvalue weighted by Crippen LogP contribution is 2.24. The molecular formula is C17H21N5. The molecular weight excluding hydrogens is 274 g/mol. The summed E-state index contributed by atoms with van der Waals surface area (Å²) in [6.07, 6.45) is 2.28. The van der Waals surface area contributed by atoms with Crippen molar-refractivity contribution in [2.75, 3.05) is 18.0 Å². The number of nitrogens with zero attached hydrogens (tertiary/aromatic N) is 5. The summed E-state index contributed by atoms with van der Waals surface area (Å²) in [5.41, 5.74) is 3.65. The lowest BCUT2D eigenvalue weighted by molar-refractivity contribution is 0.436. The van der Waals surface area contributed by atoms with Crippen molar-refractivity contribution in [3.63, 3.8) is 0 Å². The van der Waals surface area contributed by atoms with Gasteiger partial charge in [-0.1, -0.05) is 13.0 Å². The number of hydrogen-bond donors (Lipinski definition) is 0. The average molecular weight is 295 g/mol. The highest BCUT2D eigenvalue weighted by molar-refractivity contribution is 5.51. The maximum Gasteiger partial charge on any atom is 0.207 e. The van der Waals surface area contributed by atoms with Crippen LogP contribution in [0.5, 0.6) is 0 Å². The van der Waals surface area contributed by atoms with Gasteiger partial charge in [0.1, 0.15) is 6.07 Å². The van der Waals surface area contributed by atoms with Gasteiger partial charge < -0.3 is 4.90 Å². The molecule has 0 saturated carbocycles. The molecule has 0 bridgehead atoms. The topological polar surface area (TPSA) is 57.7 Å². The highest BCUT2D eigenvalue weighted by Gasteiger charge is 2.22. The van der Waals surface area contributed by atoms with Gasteiger partial charge in [0.2, 0.25) is 5.69 Å². The van der Waals surface area contributed by atoms with Gasteiger partial charge in [0, 0.05) is 13.1 Å². The maximum absolute atomic E-state index is 9.38. The lowest BCUT2D eigenvalue weighted by atomic mass is 9.99. The van der Waals surface area contributed by atoms with E-state index in [1.54, 1.807) is 4.80 Å². The SMILES string of the molecule is Cc1cc(C)cc(-n2nc(C#N)c(N3CCC(C)CC3)n2)c1. The summed E-state index contributed by atoms with van der Waals surface area (Å²) in [4.78, 5) is 3.77. The molecule has 1 fully saturated rings. The minimum atomic E-state index is 0.411. The first kappa shape index (κ1) is 14.6. The van der Waals surface area contributed by atoms with Gasteiger partial charge in [0.15, 0.2) is 5.82 Å². The van der Waals surface area contributed by atoms with E-state index in [1.807, 2.05) is 12.1 Å². The van der Waals surface area contributed by atoms with E-state index in [0.717, 1.165) is 37.5 Å². The molecule has 0 atom stereocenters. The maximum atomic E-state index is 9.38. The molecule has 114 valence electrons. The van der Waals surface area contributed by atoms with Crippen molar-refractivity contribution in [2.24, 2.45) is 5.92 Å². The number of nitriles is 1. The van der Waals surface area contributed by atoms with Gasteiger partial charge in [-0.05, 0) is 55.9 Å². The first-order valence-corrected chi connectivity index (χ1v) is 7.78. The Morgan fingerprint density at radius 2 is 1.73 bits per heavy atom. The van der Waals surface area contributed by atoms with Crippen LogP contribution >= 0.6 is 0 Å². The van der Waals surface area contributed by atoms with Crippen molar-refractivity contribution < 1.29 is 0 Å². The van der Waals surface area contributed by atoms with E-state index in [2.05, 4.69) is 48.0 Å². The molecule has 5 heteroatoms. The number of benzene rings is 1. The summed E-state index contributed by atoms with van der Waals surface area (Å²) in [6, 6.07) is 8.38. The number of hydrogen-bond acceptors (Lipinski definition) is 4. The Balaban J connectivity index is 1.96. The Labute approximate surface area is 131 Å². The zero-order valence-corrected chi connectivity index (χ0v) is 13.4. The summed E-state index contributed by atoms with van der Waals surface area (Å²) in [7, 11) is 0. The quantitative estimate of drug-likeness (QED) is 0.854. The van der Waals surface area contributed by atoms with Gasteiger partial charge in [-0.3, -0.25) is 0 Å². The molecule has 1 aromatic heterocycles. The number of anilines is 1. The largest absolute Gasteiger partial charge is 0.353 e. The summed E-state index contributed by atoms with van der Waals surface area (Å²) < 4.78 is 0. The molecule has 2 aromatic rings. The molecule has 5 nitrogen and oxygen atoms in total. The third-order valence-electron chi connectivity index (χ3n) is 4.22. The molecule has 0 N–H and O–H groups in total. The van der Waals surface area contributed by atoms with Crippen molar-refractivity contribution >= 4 is 5.82 Å². The molecule has 0 aliphatic carbocycles. The van der Waals surface area contributed by atoms with Gasteiger partial charge in [-0.25, -0.2) is 0 Å². The average Bonchev–Trinajstić information content (AvgIpc) is 2.91. The van der Waals surface area contributed by atoms with Gasteiger partial charge in [0.05, 0.1) is 5.69 Å². The highest BCUT2D eigenvalue weighted by atomic mass is 15.5. The Morgan fingerprint density at radius 3 is 2.32 bits per heavy atom. The zero-order valence-electron chi connectivity index (χ0n) is 13.4. The van der Waals surface area contributed by atoms with E-state index < -0.39 is 0 Å². The van der Waals surface area contributed by atoms with Crippen LogP contribution in [-0.2, 0) is 0 Å². The van der Waals surface area contributed by atoms with Crippen molar-refractivity contribution in [3.05, 3.63) is 35.0 Å². The van der Waals surface area contributed by atoms with Crippen molar-refractivity contribution in [1.82, 2.24) is 15.0 Å². The minimum absolute atomic E-state index is 0.411. The first-order chi connectivity index (χ1) is 10.6. The molecule has 22 heavy (non-hydrogen) atoms. The molecule has 0 amide bonds. The molecule has 1 aromatic carbocycles. The Morgan fingerprint density at radius 1 is 1.09 bits per heavy atom. The molecule has 3 rings (SSSR count). The molecule has 1 aliphatic rings. The van der Waals surface area contributed by atoms with E-state index in [9.17, 15) is 5.26 Å². The lowest BCUT2D eigenvalue weighted by Gasteiger charge is -2.30. The van der Waals surface area contributed by atoms with Crippen LogP contribution in [0.4, 0.5) is 5.82 Å². The van der Waals surface area contributed by atoms with Gasteiger partial charge in [-0.15, -0.1) is 15.0 Å². The van der Waals surface area contributed by atoms with Crippen LogP contribution < -0.4 is 4.90 Å². The van der Waals surface area contributed by atoms with Crippen LogP contribution in [0.3, 0.4) is 0 Å². The van der Waals surface area contributed by atoms with E-state index in [-0.39, 0.29) is 0 Å². The van der Waals surface area contributed by atoms with Crippen LogP contribution in [0.25, 0.3) is 5.69 Å². The van der Waals surface area contributed by atoms with E-state index >= 15 is 0 Å². The third kappa shape index (κ3) is 2.82. The first-order valence-electron chi connectivity index (χ1n) is 7.78. The molecule has 0 radical (unpaired) electrons. The molecule has 1 aliphatic heterocycles. The number of piperidine rings is 1. The van der Waals surface area contributed by atoms with Crippen LogP contribution in [-0.4, -0.2) is 28.1 Å². The zero-order chi connectivity index (χ0) is 15.7. The summed E-state index contributed by atoms with van der Waals surface area (Å²) in [6.45, 7) is 8.27. The predicted molar refractivity (Wildman–Crippen MR) is 86.2 cm³/mol. The minimum Gasteiger partial charge on any atom is -0.353 e.